The third kappa shape index (κ3) is 5.30. The number of rotatable bonds is 7. The Hall–Kier alpha value is -3.61. The summed E-state index contributed by atoms with van der Waals surface area (Å²) in [6.07, 6.45) is 4.88. The number of halogens is 4. The van der Waals surface area contributed by atoms with E-state index < -0.39 is 34.8 Å². The molecule has 0 N–H and O–H groups in total. The van der Waals surface area contributed by atoms with E-state index in [2.05, 4.69) is 13.5 Å². The fourth-order valence-corrected chi connectivity index (χ4v) is 4.49. The molecular formula is C29H26F4O3. The van der Waals surface area contributed by atoms with Crippen molar-refractivity contribution < 1.29 is 31.8 Å². The van der Waals surface area contributed by atoms with Crippen LogP contribution in [0.5, 0.6) is 11.5 Å². The van der Waals surface area contributed by atoms with Crippen molar-refractivity contribution in [1.29, 1.82) is 0 Å². The maximum absolute atomic E-state index is 14.8. The summed E-state index contributed by atoms with van der Waals surface area (Å²) in [5.74, 6) is -5.21. The van der Waals surface area contributed by atoms with E-state index in [1.165, 1.54) is 54.6 Å². The SMILES string of the molecule is C=CCOc1ccc(-c2ccc(OC(=O)c3ccc(C4CCC(C)CC4)c(F)c3F)cc2)c(F)c1F. The molecule has 3 nitrogen and oxygen atoms in total. The lowest BCUT2D eigenvalue weighted by Crippen LogP contribution is -2.16. The zero-order valence-electron chi connectivity index (χ0n) is 19.8. The Morgan fingerprint density at radius 1 is 0.889 bits per heavy atom. The Balaban J connectivity index is 1.48. The second-order valence-electron chi connectivity index (χ2n) is 9.04. The van der Waals surface area contributed by atoms with Gasteiger partial charge in [0.2, 0.25) is 5.82 Å². The first-order valence-electron chi connectivity index (χ1n) is 11.8. The fraction of sp³-hybridized carbons (Fsp3) is 0.276. The van der Waals surface area contributed by atoms with E-state index >= 15 is 0 Å². The summed E-state index contributed by atoms with van der Waals surface area (Å²) >= 11 is 0. The van der Waals surface area contributed by atoms with Gasteiger partial charge in [-0.25, -0.2) is 18.0 Å². The number of hydrogen-bond donors (Lipinski definition) is 0. The smallest absolute Gasteiger partial charge is 0.346 e. The minimum atomic E-state index is -1.23. The highest BCUT2D eigenvalue weighted by Crippen LogP contribution is 2.37. The molecule has 4 rings (SSSR count). The van der Waals surface area contributed by atoms with Gasteiger partial charge in [0.1, 0.15) is 12.4 Å². The van der Waals surface area contributed by atoms with Gasteiger partial charge in [-0.3, -0.25) is 0 Å². The maximum Gasteiger partial charge on any atom is 0.346 e. The van der Waals surface area contributed by atoms with Gasteiger partial charge in [0.25, 0.3) is 0 Å². The van der Waals surface area contributed by atoms with Gasteiger partial charge >= 0.3 is 5.97 Å². The summed E-state index contributed by atoms with van der Waals surface area (Å²) in [7, 11) is 0. The second-order valence-corrected chi connectivity index (χ2v) is 9.04. The summed E-state index contributed by atoms with van der Waals surface area (Å²) in [5.41, 5.74) is 0.0881. The number of hydrogen-bond acceptors (Lipinski definition) is 3. The highest BCUT2D eigenvalue weighted by atomic mass is 19.2. The first-order chi connectivity index (χ1) is 17.3. The average Bonchev–Trinajstić information content (AvgIpc) is 2.88. The first kappa shape index (κ1) is 25.5. The molecule has 3 aromatic carbocycles. The molecule has 188 valence electrons. The molecule has 0 amide bonds. The molecule has 1 saturated carbocycles. The molecule has 0 unspecified atom stereocenters. The highest BCUT2D eigenvalue weighted by molar-refractivity contribution is 5.91. The van der Waals surface area contributed by atoms with Crippen LogP contribution < -0.4 is 9.47 Å². The van der Waals surface area contributed by atoms with Gasteiger partial charge in [0.05, 0.1) is 5.56 Å². The molecule has 1 aliphatic carbocycles. The second kappa shape index (κ2) is 11.0. The summed E-state index contributed by atoms with van der Waals surface area (Å²) in [6, 6.07) is 10.9. The van der Waals surface area contributed by atoms with Crippen molar-refractivity contribution in [2.45, 2.75) is 38.5 Å². The standard InChI is InChI=1S/C29H26F4O3/c1-3-16-35-24-15-14-22(26(31)28(24)33)19-8-10-20(11-9-19)36-29(34)23-13-12-21(25(30)27(23)32)18-6-4-17(2)5-7-18/h3,8-15,17-18H,1,4-7,16H2,2H3. The molecular weight excluding hydrogens is 472 g/mol. The van der Waals surface area contributed by atoms with Crippen molar-refractivity contribution in [3.05, 3.63) is 95.6 Å². The van der Waals surface area contributed by atoms with Crippen molar-refractivity contribution in [3.8, 4) is 22.6 Å². The van der Waals surface area contributed by atoms with Crippen molar-refractivity contribution in [3.63, 3.8) is 0 Å². The molecule has 0 heterocycles. The molecule has 7 heteroatoms. The number of carbonyl (C=O) groups is 1. The number of carbonyl (C=O) groups excluding carboxylic acids is 1. The van der Waals surface area contributed by atoms with Gasteiger partial charge < -0.3 is 9.47 Å². The van der Waals surface area contributed by atoms with Crippen LogP contribution in [0.3, 0.4) is 0 Å². The van der Waals surface area contributed by atoms with Crippen LogP contribution in [-0.2, 0) is 0 Å². The average molecular weight is 499 g/mol. The van der Waals surface area contributed by atoms with Gasteiger partial charge in [-0.05, 0) is 66.1 Å². The molecule has 0 atom stereocenters. The van der Waals surface area contributed by atoms with Crippen LogP contribution in [0.25, 0.3) is 11.1 Å². The third-order valence-electron chi connectivity index (χ3n) is 6.57. The van der Waals surface area contributed by atoms with E-state index in [9.17, 15) is 22.4 Å². The van der Waals surface area contributed by atoms with Gasteiger partial charge in [-0.1, -0.05) is 50.6 Å². The molecule has 0 bridgehead atoms. The Morgan fingerprint density at radius 3 is 2.25 bits per heavy atom. The van der Waals surface area contributed by atoms with Crippen molar-refractivity contribution in [2.75, 3.05) is 6.61 Å². The zero-order chi connectivity index (χ0) is 25.8. The zero-order valence-corrected chi connectivity index (χ0v) is 19.8. The summed E-state index contributed by atoms with van der Waals surface area (Å²) in [5, 5.41) is 0. The highest BCUT2D eigenvalue weighted by Gasteiger charge is 2.27. The quantitative estimate of drug-likeness (QED) is 0.143. The van der Waals surface area contributed by atoms with E-state index in [1.807, 2.05) is 0 Å². The van der Waals surface area contributed by atoms with Gasteiger partial charge in [0, 0.05) is 5.56 Å². The normalized spacial score (nSPS) is 17.5. The lowest BCUT2D eigenvalue weighted by atomic mass is 9.79. The van der Waals surface area contributed by atoms with Crippen molar-refractivity contribution in [2.24, 2.45) is 5.92 Å². The lowest BCUT2D eigenvalue weighted by molar-refractivity contribution is 0.0728. The molecule has 0 spiro atoms. The van der Waals surface area contributed by atoms with E-state index in [0.717, 1.165) is 25.7 Å². The van der Waals surface area contributed by atoms with Crippen LogP contribution in [0.4, 0.5) is 17.6 Å². The van der Waals surface area contributed by atoms with E-state index in [4.69, 9.17) is 9.47 Å². The summed E-state index contributed by atoms with van der Waals surface area (Å²) in [4.78, 5) is 12.5. The molecule has 1 aliphatic rings. The van der Waals surface area contributed by atoms with Gasteiger partial charge in [-0.15, -0.1) is 0 Å². The molecule has 3 aromatic rings. The number of esters is 1. The molecule has 0 saturated heterocycles. The van der Waals surface area contributed by atoms with Crippen LogP contribution in [0.1, 0.15) is 54.4 Å². The largest absolute Gasteiger partial charge is 0.486 e. The molecule has 0 aromatic heterocycles. The third-order valence-corrected chi connectivity index (χ3v) is 6.57. The topological polar surface area (TPSA) is 35.5 Å². The fourth-order valence-electron chi connectivity index (χ4n) is 4.49. The minimum Gasteiger partial charge on any atom is -0.486 e. The number of benzene rings is 3. The van der Waals surface area contributed by atoms with Crippen LogP contribution in [0.15, 0.2) is 61.2 Å². The van der Waals surface area contributed by atoms with E-state index in [-0.39, 0.29) is 35.2 Å². The molecule has 36 heavy (non-hydrogen) atoms. The number of ether oxygens (including phenoxy) is 2. The van der Waals surface area contributed by atoms with E-state index in [0.29, 0.717) is 11.5 Å². The predicted octanol–water partition coefficient (Wildman–Crippen LogP) is 7.99. The van der Waals surface area contributed by atoms with Crippen LogP contribution in [0.2, 0.25) is 0 Å². The summed E-state index contributed by atoms with van der Waals surface area (Å²) in [6.45, 7) is 5.63. The predicted molar refractivity (Wildman–Crippen MR) is 129 cm³/mol. The van der Waals surface area contributed by atoms with Crippen LogP contribution >= 0.6 is 0 Å². The molecule has 0 radical (unpaired) electrons. The van der Waals surface area contributed by atoms with Crippen LogP contribution in [-0.4, -0.2) is 12.6 Å². The van der Waals surface area contributed by atoms with Crippen molar-refractivity contribution >= 4 is 5.97 Å². The van der Waals surface area contributed by atoms with Crippen LogP contribution in [0, 0.1) is 29.2 Å². The Kier molecular flexibility index (Phi) is 7.77. The molecule has 1 fully saturated rings. The Labute approximate surface area is 207 Å². The monoisotopic (exact) mass is 498 g/mol. The van der Waals surface area contributed by atoms with Crippen molar-refractivity contribution in [1.82, 2.24) is 0 Å². The lowest BCUT2D eigenvalue weighted by Gasteiger charge is -2.27. The van der Waals surface area contributed by atoms with E-state index in [1.54, 1.807) is 0 Å². The Morgan fingerprint density at radius 2 is 1.58 bits per heavy atom. The maximum atomic E-state index is 14.8. The Bertz CT molecular complexity index is 1260. The minimum absolute atomic E-state index is 0.0165. The first-order valence-corrected chi connectivity index (χ1v) is 11.8. The van der Waals surface area contributed by atoms with Gasteiger partial charge in [0.15, 0.2) is 23.2 Å². The van der Waals surface area contributed by atoms with Gasteiger partial charge in [-0.2, -0.15) is 4.39 Å². The summed E-state index contributed by atoms with van der Waals surface area (Å²) < 4.78 is 68.6. The molecule has 0 aliphatic heterocycles.